The summed E-state index contributed by atoms with van der Waals surface area (Å²) >= 11 is 0. The Balaban J connectivity index is 0.000000275. The Bertz CT molecular complexity index is 4490. The predicted octanol–water partition coefficient (Wildman–Crippen LogP) is 8.84. The first-order valence-corrected chi connectivity index (χ1v) is 55.0. The van der Waals surface area contributed by atoms with E-state index in [1.165, 1.54) is 41.9 Å². The van der Waals surface area contributed by atoms with Crippen molar-refractivity contribution in [3.8, 4) is 0 Å². The van der Waals surface area contributed by atoms with Gasteiger partial charge in [-0.15, -0.1) is 0 Å². The normalized spacial score (nSPS) is 50.5. The molecule has 150 heavy (non-hydrogen) atoms. The Kier molecular flexibility index (Phi) is 42.4. The number of aliphatic hydroxyl groups excluding tert-OH is 8. The molecular formula is C111H197N3O36+2. The minimum Gasteiger partial charge on any atom is -0.489 e. The molecule has 12 rings (SSSR count). The number of ketones is 1. The highest BCUT2D eigenvalue weighted by Gasteiger charge is 2.67. The molecule has 1 spiro atoms. The molecule has 0 amide bonds. The van der Waals surface area contributed by atoms with Crippen molar-refractivity contribution in [2.24, 2.45) is 59.2 Å². The summed E-state index contributed by atoms with van der Waals surface area (Å²) in [7, 11) is 16.0. The molecule has 12 heterocycles. The van der Waals surface area contributed by atoms with Crippen LogP contribution in [0.2, 0.25) is 0 Å². The lowest BCUT2D eigenvalue weighted by atomic mass is 9.74. The lowest BCUT2D eigenvalue weighted by Gasteiger charge is -2.49. The van der Waals surface area contributed by atoms with Gasteiger partial charge in [0, 0.05) is 107 Å². The van der Waals surface area contributed by atoms with Crippen molar-refractivity contribution in [2.45, 2.75) is 537 Å². The summed E-state index contributed by atoms with van der Waals surface area (Å²) in [5, 5.41) is 126. The van der Waals surface area contributed by atoms with Crippen LogP contribution >= 0.6 is 0 Å². The summed E-state index contributed by atoms with van der Waals surface area (Å²) in [6.45, 7) is 53.7. The molecule has 12 aliphatic rings. The van der Waals surface area contributed by atoms with Crippen molar-refractivity contribution in [1.82, 2.24) is 14.7 Å². The molecule has 12 aliphatic heterocycles. The van der Waals surface area contributed by atoms with E-state index in [0.717, 1.165) is 11.1 Å². The van der Waals surface area contributed by atoms with E-state index >= 15 is 0 Å². The van der Waals surface area contributed by atoms with Crippen molar-refractivity contribution < 1.29 is 178 Å². The fourth-order valence-corrected chi connectivity index (χ4v) is 26.5. The van der Waals surface area contributed by atoms with Gasteiger partial charge < -0.3 is 170 Å². The molecular weight excluding hydrogens is 1950 g/mol. The van der Waals surface area contributed by atoms with Gasteiger partial charge in [0.05, 0.1) is 125 Å². The third-order valence-electron chi connectivity index (χ3n) is 36.0. The van der Waals surface area contributed by atoms with Crippen molar-refractivity contribution in [3.63, 3.8) is 0 Å². The lowest BCUT2D eigenvalue weighted by Crippen LogP contribution is -2.61. The molecule has 39 heteroatoms. The van der Waals surface area contributed by atoms with E-state index in [1.54, 1.807) is 97.1 Å². The largest absolute Gasteiger partial charge is 1.00 e. The summed E-state index contributed by atoms with van der Waals surface area (Å²) in [6.07, 6.45) is -19.5. The lowest BCUT2D eigenvalue weighted by molar-refractivity contribution is -0.337. The highest BCUT2D eigenvalue weighted by molar-refractivity contribution is 5.83. The van der Waals surface area contributed by atoms with Crippen LogP contribution in [0.3, 0.4) is 0 Å². The number of carbonyl (C=O) groups excluding carboxylic acids is 4. The average molecular weight is 2150 g/mol. The van der Waals surface area contributed by atoms with Gasteiger partial charge in [0.25, 0.3) is 0 Å². The number of rotatable bonds is 21. The van der Waals surface area contributed by atoms with Crippen LogP contribution in [0.4, 0.5) is 0 Å². The monoisotopic (exact) mass is 2150 g/mol. The molecule has 10 saturated heterocycles. The number of cyclic esters (lactones) is 3. The third-order valence-corrected chi connectivity index (χ3v) is 36.0. The first-order chi connectivity index (χ1) is 69.3. The van der Waals surface area contributed by atoms with Gasteiger partial charge >= 0.3 is 20.8 Å². The van der Waals surface area contributed by atoms with Crippen LogP contribution in [-0.4, -0.2) is 411 Å². The molecule has 0 saturated carbocycles. The van der Waals surface area contributed by atoms with Crippen molar-refractivity contribution in [3.05, 3.63) is 23.0 Å². The van der Waals surface area contributed by atoms with E-state index < -0.39 is 293 Å². The van der Waals surface area contributed by atoms with Gasteiger partial charge in [-0.25, -0.2) is 0 Å². The van der Waals surface area contributed by atoms with E-state index in [9.17, 15) is 75.3 Å². The second kappa shape index (κ2) is 49.8. The molecule has 39 nitrogen and oxygen atoms in total. The van der Waals surface area contributed by atoms with E-state index in [1.807, 2.05) is 146 Å². The van der Waals surface area contributed by atoms with Crippen LogP contribution in [0.5, 0.6) is 0 Å². The SMILES string of the molecule is CC[C@H]1OC(=O)[C@H](C)[C@@H](O[C@H]2C[C@@](C)(OC)[C@@H](O)[C@H](C)O2)[C@H](C)C(O[C@@H]2O[C@H](C)C[C@H](N(C)C)[C@H]2O)[C@]2(C)C[C@@H](C)[C@@]3(O2)O[C@@]1(C)C=C3C.CC[C@H]1OC(=O)[C@H](C)[C@@H](O[C@H]2C[C@@](C)(OC)[C@@H](O)[C@H](C)O2)[C@H](C)[C@@H](O[C@@H]2O[C@H](C)C[C@H](N(C)C)[C@H]2O)[C@@](C)(O)C[C@@H](C)C(=O)[C@H](C)[C@@H](O)[C@]1(C)O.CC[C@H]1OC(=O)[C@H](C)[C@@H](O[C@H]2C[C@@](C)(OC)[C@@H](O)[C@H](C)O2)[C@H](C)[C@@H](O[C@@H]2O[C@H](C)C[C@H](N(C)C)[C@H]2O)[C@@]2(C)CC(C)=C(O2)[C@H](C)[C@@H](O)[C@]1(C)O.[H+].[H+]. The number of esters is 3. The van der Waals surface area contributed by atoms with Crippen LogP contribution in [0, 0.1) is 59.2 Å². The maximum absolute atomic E-state index is 14.2. The van der Waals surface area contributed by atoms with Crippen LogP contribution in [-0.2, 0) is 119 Å². The van der Waals surface area contributed by atoms with Crippen LogP contribution in [0.1, 0.15) is 288 Å². The van der Waals surface area contributed by atoms with E-state index in [4.69, 9.17) is 99.5 Å². The van der Waals surface area contributed by atoms with Gasteiger partial charge in [-0.3, -0.25) is 19.2 Å². The van der Waals surface area contributed by atoms with Gasteiger partial charge in [-0.2, -0.15) is 0 Å². The summed E-state index contributed by atoms with van der Waals surface area (Å²) in [4.78, 5) is 62.0. The van der Waals surface area contributed by atoms with E-state index in [2.05, 4.69) is 6.92 Å². The maximum atomic E-state index is 14.2. The van der Waals surface area contributed by atoms with E-state index in [-0.39, 0.29) is 83.7 Å². The molecule has 0 aromatic rings. The first-order valence-electron chi connectivity index (χ1n) is 55.0. The Morgan fingerprint density at radius 2 is 0.713 bits per heavy atom. The maximum Gasteiger partial charge on any atom is 1.00 e. The fourth-order valence-electron chi connectivity index (χ4n) is 26.5. The highest BCUT2D eigenvalue weighted by atomic mass is 16.8. The van der Waals surface area contributed by atoms with Gasteiger partial charge in [0.1, 0.15) is 95.0 Å². The average Bonchev–Trinajstić information content (AvgIpc) is 1.55. The Labute approximate surface area is 894 Å². The summed E-state index contributed by atoms with van der Waals surface area (Å²) in [5.74, 6) is -10.2. The van der Waals surface area contributed by atoms with E-state index in [0.29, 0.717) is 44.3 Å². The van der Waals surface area contributed by atoms with Crippen molar-refractivity contribution in [1.29, 1.82) is 0 Å². The summed E-state index contributed by atoms with van der Waals surface area (Å²) in [6, 6.07) is -0.749. The number of hydrogen-bond donors (Lipinski definition) is 11. The topological polar surface area (TPSA) is 494 Å². The second-order valence-corrected chi connectivity index (χ2v) is 49.3. The third kappa shape index (κ3) is 26.6. The summed E-state index contributed by atoms with van der Waals surface area (Å²) < 4.78 is 134. The van der Waals surface area contributed by atoms with Crippen molar-refractivity contribution >= 4 is 23.7 Å². The standard InChI is InChI=1S/C37H67NO13.C37H65NO12.C37H63NO11/c1-14-25-37(10,45)30(41)20(4)27(39)18(2)16-35(8,44)32(51-34-28(40)24(38(11)12)15-19(3)47-34)21(5)29(22(6)33(43)49-25)50-26-17-36(9,46-13)31(42)23(7)48-26;1-14-25-37(10,43)30(40)20(4)28-18(2)16-36(9,50-28)32(49-34-27(39)24(38(11)12)15-19(3)45-34)21(5)29(22(6)33(42)47-25)48-26-17-35(8,44-13)31(41)23(7)46-26;1-14-26-34(8)16-19(2)37(48-34)20(3)17-36(10,49-37)31(47-33-28(39)25(38(11)12)15-21(4)43-33)22(5)29(23(6)32(41)45-26)46-27-18-35(9,42-13)30(40)24(7)44-27/h18-26,28-32,34,40-42,44-45H,14-17H2,1-13H3;19-27,29-32,34,39-41,43H,14-17H2,1-13H3;16,20-31,33,39-40H,14-15,17-18H2,1-13H3/p+2/t18-,19-,20+,21+,22-,23+,24+,25-,26+,28-,29+,30-,31+,32-,34+,35+,36-,37-;19-,20+,21+,22-,23+,24+,25-,26+,27-,29+,30-,31+,32-,34+,35-,36-,37-;20-,21-,22+,23-,24+,25+,26-,27+,28-,29+,30+,31?,33+,34+,35-,36+,37-/m111/s1. The molecule has 1 unspecified atom stereocenters. The molecule has 0 aliphatic carbocycles. The number of carbonyl (C=O) groups is 4. The number of fused-ring (bicyclic) bond motifs is 4. The Morgan fingerprint density at radius 1 is 0.393 bits per heavy atom. The number of aliphatic hydroxyl groups is 11. The minimum atomic E-state index is -1.99. The first kappa shape index (κ1) is 128. The number of nitrogens with zero attached hydrogens (tertiary/aromatic N) is 3. The zero-order valence-electron chi connectivity index (χ0n) is 99.3. The number of methoxy groups -OCH3 is 3. The molecule has 10 fully saturated rings. The van der Waals surface area contributed by atoms with Gasteiger partial charge in [0.2, 0.25) is 0 Å². The number of hydrogen-bond acceptors (Lipinski definition) is 39. The molecule has 52 atom stereocenters. The van der Waals surface area contributed by atoms with Crippen LogP contribution < -0.4 is 0 Å². The zero-order valence-corrected chi connectivity index (χ0v) is 97.3. The Hall–Kier alpha value is -3.88. The zero-order chi connectivity index (χ0) is 113. The highest BCUT2D eigenvalue weighted by Crippen LogP contribution is 2.58. The van der Waals surface area contributed by atoms with Crippen LogP contribution in [0.25, 0.3) is 0 Å². The fraction of sp³-hybridized carbons (Fsp3) is 0.928. The number of Topliss-reactive ketones (excluding diaryl/α,β-unsaturated/α-hetero) is 1. The molecule has 0 aromatic carbocycles. The molecule has 0 radical (unpaired) electrons. The van der Waals surface area contributed by atoms with Crippen LogP contribution in [0.15, 0.2) is 23.0 Å². The molecule has 0 aromatic heterocycles. The molecule has 870 valence electrons. The summed E-state index contributed by atoms with van der Waals surface area (Å²) in [5.41, 5.74) is -9.74. The number of likely N-dealkylation sites (N-methyl/N-ethyl adjacent to an activating group) is 3. The Morgan fingerprint density at radius 3 is 1.05 bits per heavy atom. The van der Waals surface area contributed by atoms with Gasteiger partial charge in [0.15, 0.2) is 43.5 Å². The number of ether oxygens (including phenoxy) is 21. The van der Waals surface area contributed by atoms with Gasteiger partial charge in [-0.05, 0) is 249 Å². The molecule has 11 N–H and O–H groups in total. The minimum absolute atomic E-state index is 0. The van der Waals surface area contributed by atoms with Gasteiger partial charge in [-0.1, -0.05) is 69.2 Å². The predicted molar refractivity (Wildman–Crippen MR) is 552 cm³/mol. The quantitative estimate of drug-likeness (QED) is 0.0290. The molecule has 5 bridgehead atoms. The second-order valence-electron chi connectivity index (χ2n) is 49.3. The van der Waals surface area contributed by atoms with Crippen molar-refractivity contribution in [2.75, 3.05) is 63.6 Å². The smallest absolute Gasteiger partial charge is 0.489 e.